The summed E-state index contributed by atoms with van der Waals surface area (Å²) in [5, 5.41) is 3.07. The van der Waals surface area contributed by atoms with Crippen LogP contribution in [0.5, 0.6) is 0 Å². The molecule has 1 saturated heterocycles. The van der Waals surface area contributed by atoms with Crippen LogP contribution in [-0.2, 0) is 12.4 Å². The zero-order valence-corrected chi connectivity index (χ0v) is 12.1. The van der Waals surface area contributed by atoms with Gasteiger partial charge in [0.15, 0.2) is 0 Å². The van der Waals surface area contributed by atoms with Gasteiger partial charge < -0.3 is 5.32 Å². The topological polar surface area (TPSA) is 15.3 Å². The Morgan fingerprint density at radius 3 is 2.13 bits per heavy atom. The molecule has 0 bridgehead atoms. The Morgan fingerprint density at radius 2 is 1.65 bits per heavy atom. The lowest BCUT2D eigenvalue weighted by Crippen LogP contribution is -2.45. The molecule has 0 saturated carbocycles. The van der Waals surface area contributed by atoms with Crippen molar-refractivity contribution in [2.75, 3.05) is 26.2 Å². The van der Waals surface area contributed by atoms with Crippen LogP contribution in [0, 0.1) is 0 Å². The number of benzene rings is 1. The average molecular weight is 338 g/mol. The van der Waals surface area contributed by atoms with E-state index in [0.29, 0.717) is 32.2 Å². The fourth-order valence-electron chi connectivity index (χ4n) is 2.67. The summed E-state index contributed by atoms with van der Waals surface area (Å²) < 4.78 is 77.9. The molecule has 1 aromatic carbocycles. The van der Waals surface area contributed by atoms with Gasteiger partial charge in [-0.2, -0.15) is 26.3 Å². The van der Waals surface area contributed by atoms with E-state index in [2.05, 4.69) is 11.9 Å². The molecule has 1 N–H and O–H groups in total. The van der Waals surface area contributed by atoms with Gasteiger partial charge in [0.05, 0.1) is 17.2 Å². The van der Waals surface area contributed by atoms with Gasteiger partial charge in [0.1, 0.15) is 0 Å². The second-order valence-electron chi connectivity index (χ2n) is 5.26. The van der Waals surface area contributed by atoms with Crippen molar-refractivity contribution >= 4 is 0 Å². The van der Waals surface area contributed by atoms with E-state index in [4.69, 9.17) is 0 Å². The van der Waals surface area contributed by atoms with Gasteiger partial charge in [-0.25, -0.2) is 0 Å². The number of piperazine rings is 1. The van der Waals surface area contributed by atoms with Crippen LogP contribution < -0.4 is 5.32 Å². The standard InChI is InChI=1S/C15H16F6N2/c1-2-13(23-7-5-22-6-8-23)11-4-3-10(14(16,17)18)9-12(11)15(19,20)21/h2-4,9,13,22H,1,5-8H2/t13-/m0/s1. The Bertz CT molecular complexity index is 558. The lowest BCUT2D eigenvalue weighted by molar-refractivity contribution is -0.143. The van der Waals surface area contributed by atoms with Crippen LogP contribution in [0.3, 0.4) is 0 Å². The van der Waals surface area contributed by atoms with Crippen molar-refractivity contribution in [1.29, 1.82) is 0 Å². The summed E-state index contributed by atoms with van der Waals surface area (Å²) in [6.45, 7) is 5.75. The molecule has 1 heterocycles. The van der Waals surface area contributed by atoms with E-state index in [9.17, 15) is 26.3 Å². The van der Waals surface area contributed by atoms with E-state index in [1.165, 1.54) is 6.08 Å². The van der Waals surface area contributed by atoms with Crippen molar-refractivity contribution in [2.24, 2.45) is 0 Å². The highest BCUT2D eigenvalue weighted by Crippen LogP contribution is 2.40. The molecule has 1 aliphatic heterocycles. The van der Waals surface area contributed by atoms with Crippen molar-refractivity contribution in [3.05, 3.63) is 47.5 Å². The molecule has 0 radical (unpaired) electrons. The molecule has 0 aromatic heterocycles. The molecule has 2 rings (SSSR count). The van der Waals surface area contributed by atoms with E-state index in [1.807, 2.05) is 0 Å². The van der Waals surface area contributed by atoms with Crippen molar-refractivity contribution in [3.63, 3.8) is 0 Å². The fraction of sp³-hybridized carbons (Fsp3) is 0.467. The highest BCUT2D eigenvalue weighted by Gasteiger charge is 2.39. The Balaban J connectivity index is 2.49. The second-order valence-corrected chi connectivity index (χ2v) is 5.26. The summed E-state index contributed by atoms with van der Waals surface area (Å²) in [6.07, 6.45) is -8.35. The van der Waals surface area contributed by atoms with Crippen LogP contribution in [0.25, 0.3) is 0 Å². The Labute approximate surface area is 129 Å². The number of rotatable bonds is 3. The molecule has 2 nitrogen and oxygen atoms in total. The van der Waals surface area contributed by atoms with Crippen molar-refractivity contribution in [2.45, 2.75) is 18.4 Å². The first-order chi connectivity index (χ1) is 10.6. The van der Waals surface area contributed by atoms with Gasteiger partial charge in [-0.05, 0) is 17.7 Å². The van der Waals surface area contributed by atoms with Crippen molar-refractivity contribution in [3.8, 4) is 0 Å². The average Bonchev–Trinajstić information content (AvgIpc) is 2.47. The van der Waals surface area contributed by atoms with Crippen molar-refractivity contribution in [1.82, 2.24) is 10.2 Å². The van der Waals surface area contributed by atoms with Crippen LogP contribution in [0.1, 0.15) is 22.7 Å². The van der Waals surface area contributed by atoms with Gasteiger partial charge in [0.25, 0.3) is 0 Å². The predicted molar refractivity (Wildman–Crippen MR) is 73.8 cm³/mol. The first-order valence-electron chi connectivity index (χ1n) is 7.00. The smallest absolute Gasteiger partial charge is 0.314 e. The van der Waals surface area contributed by atoms with Gasteiger partial charge in [0, 0.05) is 26.2 Å². The van der Waals surface area contributed by atoms with E-state index in [-0.39, 0.29) is 11.6 Å². The first-order valence-corrected chi connectivity index (χ1v) is 7.00. The highest BCUT2D eigenvalue weighted by atomic mass is 19.4. The minimum absolute atomic E-state index is 0.175. The third-order valence-corrected chi connectivity index (χ3v) is 3.77. The van der Waals surface area contributed by atoms with E-state index in [1.54, 1.807) is 4.90 Å². The van der Waals surface area contributed by atoms with Gasteiger partial charge in [-0.1, -0.05) is 12.1 Å². The lowest BCUT2D eigenvalue weighted by Gasteiger charge is -2.34. The summed E-state index contributed by atoms with van der Waals surface area (Å²) in [5.41, 5.74) is -2.78. The molecule has 1 fully saturated rings. The Kier molecular flexibility index (Phi) is 5.05. The van der Waals surface area contributed by atoms with Crippen LogP contribution >= 0.6 is 0 Å². The third kappa shape index (κ3) is 4.06. The first kappa shape index (κ1) is 17.8. The molecule has 1 aliphatic rings. The summed E-state index contributed by atoms with van der Waals surface area (Å²) in [6, 6.07) is 0.980. The van der Waals surface area contributed by atoms with Crippen molar-refractivity contribution < 1.29 is 26.3 Å². The minimum atomic E-state index is -4.87. The fourth-order valence-corrected chi connectivity index (χ4v) is 2.67. The maximum atomic E-state index is 13.2. The monoisotopic (exact) mass is 338 g/mol. The summed E-state index contributed by atoms with van der Waals surface area (Å²) >= 11 is 0. The Hall–Kier alpha value is -1.54. The largest absolute Gasteiger partial charge is 0.416 e. The van der Waals surface area contributed by atoms with E-state index in [0.717, 1.165) is 6.07 Å². The van der Waals surface area contributed by atoms with Gasteiger partial charge >= 0.3 is 12.4 Å². The molecule has 8 heteroatoms. The van der Waals surface area contributed by atoms with Crippen LogP contribution in [0.2, 0.25) is 0 Å². The SMILES string of the molecule is C=C[C@@H](c1ccc(C(F)(F)F)cc1C(F)(F)F)N1CCNCC1. The summed E-state index contributed by atoms with van der Waals surface area (Å²) in [4.78, 5) is 1.77. The molecular formula is C15H16F6N2. The van der Waals surface area contributed by atoms with Gasteiger partial charge in [0.2, 0.25) is 0 Å². The molecule has 0 spiro atoms. The Morgan fingerprint density at radius 1 is 1.04 bits per heavy atom. The van der Waals surface area contributed by atoms with Crippen LogP contribution in [0.15, 0.2) is 30.9 Å². The molecule has 0 amide bonds. The number of hydrogen-bond donors (Lipinski definition) is 1. The number of nitrogens with one attached hydrogen (secondary N) is 1. The number of hydrogen-bond acceptors (Lipinski definition) is 2. The van der Waals surface area contributed by atoms with Crippen LogP contribution in [0.4, 0.5) is 26.3 Å². The number of nitrogens with zero attached hydrogens (tertiary/aromatic N) is 1. The predicted octanol–water partition coefficient (Wildman–Crippen LogP) is 3.86. The van der Waals surface area contributed by atoms with E-state index >= 15 is 0 Å². The summed E-state index contributed by atoms with van der Waals surface area (Å²) in [7, 11) is 0. The summed E-state index contributed by atoms with van der Waals surface area (Å²) in [5.74, 6) is 0. The molecule has 23 heavy (non-hydrogen) atoms. The molecular weight excluding hydrogens is 322 g/mol. The quantitative estimate of drug-likeness (QED) is 0.665. The zero-order valence-electron chi connectivity index (χ0n) is 12.1. The third-order valence-electron chi connectivity index (χ3n) is 3.77. The number of halogens is 6. The highest BCUT2D eigenvalue weighted by molar-refractivity contribution is 5.39. The molecule has 128 valence electrons. The molecule has 1 aromatic rings. The maximum absolute atomic E-state index is 13.2. The van der Waals surface area contributed by atoms with E-state index < -0.39 is 29.5 Å². The van der Waals surface area contributed by atoms with Crippen LogP contribution in [-0.4, -0.2) is 31.1 Å². The lowest BCUT2D eigenvalue weighted by atomic mass is 9.95. The molecule has 0 unspecified atom stereocenters. The molecule has 0 aliphatic carbocycles. The second kappa shape index (κ2) is 6.52. The minimum Gasteiger partial charge on any atom is -0.314 e. The maximum Gasteiger partial charge on any atom is 0.416 e. The van der Waals surface area contributed by atoms with Gasteiger partial charge in [-0.3, -0.25) is 4.90 Å². The van der Waals surface area contributed by atoms with Gasteiger partial charge in [-0.15, -0.1) is 6.58 Å². The zero-order chi connectivity index (χ0) is 17.3. The molecule has 1 atom stereocenters. The normalized spacial score (nSPS) is 18.7. The number of alkyl halides is 6.